The van der Waals surface area contributed by atoms with E-state index in [1.807, 2.05) is 4.90 Å². The fraction of sp³-hybridized carbons (Fsp3) is 0.579. The number of carbonyl (C=O) groups excluding carboxylic acids is 1. The van der Waals surface area contributed by atoms with Gasteiger partial charge in [0.2, 0.25) is 0 Å². The quantitative estimate of drug-likeness (QED) is 0.858. The molecule has 0 aliphatic carbocycles. The average molecular weight is 375 g/mol. The molecule has 1 atom stereocenters. The molecule has 0 radical (unpaired) electrons. The standard InChI is InChI=1S/C19H26FN5O2/c20-14-4-5-16-17(10-14)23-18(22-16)11-21-19(26)25-8-3-9-27-15(13-25)12-24-6-1-2-7-24/h4-5,10,15H,1-3,6-9,11-13H2,(H,21,26)(H,22,23)/t15-/m0/s1. The Morgan fingerprint density at radius 1 is 1.30 bits per heavy atom. The molecule has 2 aliphatic heterocycles. The Hall–Kier alpha value is -2.19. The molecule has 7 nitrogen and oxygen atoms in total. The van der Waals surface area contributed by atoms with Crippen molar-refractivity contribution in [1.29, 1.82) is 0 Å². The van der Waals surface area contributed by atoms with Crippen molar-refractivity contribution in [1.82, 2.24) is 25.1 Å². The maximum absolute atomic E-state index is 13.3. The van der Waals surface area contributed by atoms with Crippen molar-refractivity contribution < 1.29 is 13.9 Å². The van der Waals surface area contributed by atoms with Gasteiger partial charge in [-0.25, -0.2) is 14.2 Å². The summed E-state index contributed by atoms with van der Waals surface area (Å²) < 4.78 is 19.2. The summed E-state index contributed by atoms with van der Waals surface area (Å²) in [6, 6.07) is 4.30. The number of ether oxygens (including phenoxy) is 1. The van der Waals surface area contributed by atoms with E-state index < -0.39 is 0 Å². The van der Waals surface area contributed by atoms with E-state index in [0.717, 1.165) is 26.1 Å². The van der Waals surface area contributed by atoms with Gasteiger partial charge in [0.25, 0.3) is 0 Å². The lowest BCUT2D eigenvalue weighted by molar-refractivity contribution is 0.0349. The van der Waals surface area contributed by atoms with Gasteiger partial charge in [-0.2, -0.15) is 0 Å². The van der Waals surface area contributed by atoms with Gasteiger partial charge in [-0.15, -0.1) is 0 Å². The highest BCUT2D eigenvalue weighted by Gasteiger charge is 2.25. The maximum atomic E-state index is 13.3. The number of fused-ring (bicyclic) bond motifs is 1. The number of halogens is 1. The number of urea groups is 1. The molecule has 146 valence electrons. The monoisotopic (exact) mass is 375 g/mol. The molecule has 4 rings (SSSR count). The summed E-state index contributed by atoms with van der Waals surface area (Å²) in [7, 11) is 0. The smallest absolute Gasteiger partial charge is 0.317 e. The van der Waals surface area contributed by atoms with Gasteiger partial charge in [-0.1, -0.05) is 0 Å². The van der Waals surface area contributed by atoms with Crippen LogP contribution in [0.25, 0.3) is 11.0 Å². The van der Waals surface area contributed by atoms with Crippen molar-refractivity contribution in [3.05, 3.63) is 29.8 Å². The van der Waals surface area contributed by atoms with Crippen molar-refractivity contribution in [3.8, 4) is 0 Å². The first kappa shape index (κ1) is 18.2. The predicted octanol–water partition coefficient (Wildman–Crippen LogP) is 2.10. The fourth-order valence-electron chi connectivity index (χ4n) is 3.83. The normalized spacial score (nSPS) is 21.5. The Labute approximate surface area is 157 Å². The second kappa shape index (κ2) is 8.22. The number of nitrogens with one attached hydrogen (secondary N) is 2. The van der Waals surface area contributed by atoms with E-state index in [4.69, 9.17) is 4.74 Å². The first-order chi connectivity index (χ1) is 13.2. The zero-order valence-electron chi connectivity index (χ0n) is 15.4. The van der Waals surface area contributed by atoms with E-state index in [9.17, 15) is 9.18 Å². The van der Waals surface area contributed by atoms with E-state index in [0.29, 0.717) is 36.6 Å². The van der Waals surface area contributed by atoms with Crippen molar-refractivity contribution >= 4 is 17.1 Å². The molecule has 2 aromatic rings. The summed E-state index contributed by atoms with van der Waals surface area (Å²) >= 11 is 0. The summed E-state index contributed by atoms with van der Waals surface area (Å²) in [5, 5.41) is 2.92. The summed E-state index contributed by atoms with van der Waals surface area (Å²) in [4.78, 5) is 24.3. The van der Waals surface area contributed by atoms with Crippen LogP contribution in [0.5, 0.6) is 0 Å². The molecule has 8 heteroatoms. The van der Waals surface area contributed by atoms with Gasteiger partial charge >= 0.3 is 6.03 Å². The van der Waals surface area contributed by atoms with E-state index in [1.165, 1.54) is 25.0 Å². The minimum Gasteiger partial charge on any atom is -0.375 e. The van der Waals surface area contributed by atoms with Crippen LogP contribution in [0, 0.1) is 5.82 Å². The Balaban J connectivity index is 1.33. The van der Waals surface area contributed by atoms with E-state index >= 15 is 0 Å². The number of aromatic amines is 1. The highest BCUT2D eigenvalue weighted by Crippen LogP contribution is 2.14. The maximum Gasteiger partial charge on any atom is 0.317 e. The number of hydrogen-bond donors (Lipinski definition) is 2. The van der Waals surface area contributed by atoms with Gasteiger partial charge < -0.3 is 24.8 Å². The summed E-state index contributed by atoms with van der Waals surface area (Å²) in [6.45, 7) is 5.40. The second-order valence-electron chi connectivity index (χ2n) is 7.30. The largest absolute Gasteiger partial charge is 0.375 e. The Kier molecular flexibility index (Phi) is 5.54. The first-order valence-corrected chi connectivity index (χ1v) is 9.68. The van der Waals surface area contributed by atoms with Crippen molar-refractivity contribution in [2.75, 3.05) is 39.3 Å². The number of hydrogen-bond acceptors (Lipinski definition) is 4. The lowest BCUT2D eigenvalue weighted by Crippen LogP contribution is -2.45. The van der Waals surface area contributed by atoms with Crippen LogP contribution in [0.1, 0.15) is 25.1 Å². The van der Waals surface area contributed by atoms with Crippen LogP contribution in [-0.4, -0.2) is 71.2 Å². The number of carbonyl (C=O) groups is 1. The molecule has 2 aliphatic rings. The molecule has 3 heterocycles. The lowest BCUT2D eigenvalue weighted by atomic mass is 10.3. The molecule has 1 aromatic heterocycles. The molecule has 0 unspecified atom stereocenters. The van der Waals surface area contributed by atoms with Crippen LogP contribution in [0.4, 0.5) is 9.18 Å². The average Bonchev–Trinajstić information content (AvgIpc) is 3.24. The van der Waals surface area contributed by atoms with Gasteiger partial charge in [-0.05, 0) is 50.6 Å². The Morgan fingerprint density at radius 3 is 3.00 bits per heavy atom. The molecule has 2 amide bonds. The summed E-state index contributed by atoms with van der Waals surface area (Å²) in [5.74, 6) is 0.305. The zero-order valence-corrected chi connectivity index (χ0v) is 15.4. The molecule has 2 N–H and O–H groups in total. The number of amides is 2. The Bertz CT molecular complexity index is 789. The van der Waals surface area contributed by atoms with Crippen LogP contribution < -0.4 is 5.32 Å². The molecular formula is C19H26FN5O2. The van der Waals surface area contributed by atoms with Crippen LogP contribution in [0.2, 0.25) is 0 Å². The molecule has 0 spiro atoms. The van der Waals surface area contributed by atoms with E-state index in [1.54, 1.807) is 6.07 Å². The molecule has 0 bridgehead atoms. The molecule has 27 heavy (non-hydrogen) atoms. The summed E-state index contributed by atoms with van der Waals surface area (Å²) in [6.07, 6.45) is 3.40. The molecule has 2 saturated heterocycles. The van der Waals surface area contributed by atoms with Crippen molar-refractivity contribution in [2.24, 2.45) is 0 Å². The van der Waals surface area contributed by atoms with Crippen LogP contribution in [-0.2, 0) is 11.3 Å². The van der Waals surface area contributed by atoms with Crippen molar-refractivity contribution in [2.45, 2.75) is 31.9 Å². The van der Waals surface area contributed by atoms with Crippen LogP contribution >= 0.6 is 0 Å². The number of aromatic nitrogens is 2. The molecule has 2 fully saturated rings. The topological polar surface area (TPSA) is 73.5 Å². The number of rotatable bonds is 4. The first-order valence-electron chi connectivity index (χ1n) is 9.68. The van der Waals surface area contributed by atoms with Crippen molar-refractivity contribution in [3.63, 3.8) is 0 Å². The van der Waals surface area contributed by atoms with Crippen LogP contribution in [0.15, 0.2) is 18.2 Å². The second-order valence-corrected chi connectivity index (χ2v) is 7.30. The number of benzene rings is 1. The Morgan fingerprint density at radius 2 is 2.15 bits per heavy atom. The van der Waals surface area contributed by atoms with E-state index in [-0.39, 0.29) is 24.5 Å². The van der Waals surface area contributed by atoms with Crippen LogP contribution in [0.3, 0.4) is 0 Å². The third-order valence-electron chi connectivity index (χ3n) is 5.20. The molecule has 1 aromatic carbocycles. The zero-order chi connectivity index (χ0) is 18.6. The molecule has 0 saturated carbocycles. The van der Waals surface area contributed by atoms with Gasteiger partial charge in [0, 0.05) is 26.2 Å². The number of likely N-dealkylation sites (tertiary alicyclic amines) is 1. The third kappa shape index (κ3) is 4.56. The lowest BCUT2D eigenvalue weighted by Gasteiger charge is -2.27. The minimum atomic E-state index is -0.310. The summed E-state index contributed by atoms with van der Waals surface area (Å²) in [5.41, 5.74) is 1.32. The van der Waals surface area contributed by atoms with Gasteiger partial charge in [-0.3, -0.25) is 0 Å². The van der Waals surface area contributed by atoms with Gasteiger partial charge in [0.15, 0.2) is 0 Å². The molecular weight excluding hydrogens is 349 g/mol. The fourth-order valence-corrected chi connectivity index (χ4v) is 3.83. The number of imidazole rings is 1. The van der Waals surface area contributed by atoms with E-state index in [2.05, 4.69) is 20.2 Å². The third-order valence-corrected chi connectivity index (χ3v) is 5.20. The highest BCUT2D eigenvalue weighted by atomic mass is 19.1. The highest BCUT2D eigenvalue weighted by molar-refractivity contribution is 5.76. The number of nitrogens with zero attached hydrogens (tertiary/aromatic N) is 3. The minimum absolute atomic E-state index is 0.0607. The number of H-pyrrole nitrogens is 1. The van der Waals surface area contributed by atoms with Gasteiger partial charge in [0.1, 0.15) is 11.6 Å². The predicted molar refractivity (Wildman–Crippen MR) is 99.9 cm³/mol. The SMILES string of the molecule is O=C(NCc1nc2ccc(F)cc2[nH]1)N1CCCO[C@@H](CN2CCCC2)C1. The van der Waals surface area contributed by atoms with Gasteiger partial charge in [0.05, 0.1) is 23.7 Å².